The molecule has 1 saturated heterocycles. The van der Waals surface area contributed by atoms with Crippen LogP contribution in [0.1, 0.15) is 34.9 Å². The first-order valence-corrected chi connectivity index (χ1v) is 9.00. The summed E-state index contributed by atoms with van der Waals surface area (Å²) in [5.74, 6) is -0.0915. The Morgan fingerprint density at radius 3 is 3.12 bits per heavy atom. The van der Waals surface area contributed by atoms with Crippen molar-refractivity contribution < 1.29 is 12.4 Å². The van der Waals surface area contributed by atoms with Crippen LogP contribution in [0.3, 0.4) is 0 Å². The van der Waals surface area contributed by atoms with Gasteiger partial charge in [0.1, 0.15) is 18.3 Å². The quantitative estimate of drug-likeness (QED) is 0.717. The highest BCUT2D eigenvalue weighted by atomic mass is 35.5. The molecule has 1 aliphatic heterocycles. The van der Waals surface area contributed by atoms with E-state index in [0.717, 1.165) is 22.7 Å². The molecule has 1 fully saturated rings. The van der Waals surface area contributed by atoms with Crippen LogP contribution >= 0.6 is 22.9 Å². The van der Waals surface area contributed by atoms with Crippen LogP contribution in [0.5, 0.6) is 0 Å². The van der Waals surface area contributed by atoms with Crippen molar-refractivity contribution in [3.63, 3.8) is 0 Å². The molecule has 0 amide bonds. The zero-order valence-electron chi connectivity index (χ0n) is 22.4. The number of likely N-dealkylation sites (tertiary alicyclic amines) is 1. The number of benzene rings is 1. The summed E-state index contributed by atoms with van der Waals surface area (Å²) in [5, 5.41) is 10.3. The Morgan fingerprint density at radius 1 is 1.46 bits per heavy atom. The van der Waals surface area contributed by atoms with Gasteiger partial charge in [-0.1, -0.05) is 23.7 Å². The summed E-state index contributed by atoms with van der Waals surface area (Å²) in [6.07, 6.45) is -0.429. The standard InChI is InChI=1S/C19H18ClN5S/c20-17-9-16-18(22-12-23-19(16)26-17)24-15-4-6-25(7-5-15)11-14-3-1-2-13(8-14)10-21/h1-3,8-9,12,15H,4-7,11H2,(H,22,23,24)/i2D,3D,8D,9D,11D2,12D,15D/hD. The van der Waals surface area contributed by atoms with Gasteiger partial charge in [-0.15, -0.1) is 11.3 Å². The van der Waals surface area contributed by atoms with E-state index in [0.29, 0.717) is 0 Å². The number of aromatic nitrogens is 2. The summed E-state index contributed by atoms with van der Waals surface area (Å²) in [5.41, 5.74) is -0.642. The van der Waals surface area contributed by atoms with Crippen molar-refractivity contribution in [1.29, 1.82) is 5.26 Å². The Kier molecular flexibility index (Phi) is 2.82. The number of hydrogen-bond acceptors (Lipinski definition) is 6. The lowest BCUT2D eigenvalue weighted by Crippen LogP contribution is -2.38. The average Bonchev–Trinajstić information content (AvgIpc) is 3.05. The second-order valence-electron chi connectivity index (χ2n) is 5.52. The van der Waals surface area contributed by atoms with Crippen LogP contribution in [-0.4, -0.2) is 34.0 Å². The number of anilines is 1. The number of rotatable bonds is 4. The van der Waals surface area contributed by atoms with E-state index in [1.54, 1.807) is 6.07 Å². The van der Waals surface area contributed by atoms with Crippen molar-refractivity contribution in [2.45, 2.75) is 25.4 Å². The maximum Gasteiger partial charge on any atom is 0.162 e. The van der Waals surface area contributed by atoms with Crippen molar-refractivity contribution in [2.24, 2.45) is 0 Å². The molecule has 1 N–H and O–H groups in total. The molecule has 26 heavy (non-hydrogen) atoms. The molecule has 0 atom stereocenters. The lowest BCUT2D eigenvalue weighted by molar-refractivity contribution is 0.211. The molecular formula is C19H18ClN5S. The van der Waals surface area contributed by atoms with Crippen LogP contribution in [0.25, 0.3) is 10.2 Å². The lowest BCUT2D eigenvalue weighted by Gasteiger charge is -2.32. The van der Waals surface area contributed by atoms with Crippen molar-refractivity contribution in [2.75, 3.05) is 18.4 Å². The van der Waals surface area contributed by atoms with E-state index in [1.165, 1.54) is 4.90 Å². The van der Waals surface area contributed by atoms with Crippen LogP contribution in [0, 0.1) is 11.3 Å². The fourth-order valence-corrected chi connectivity index (χ4v) is 3.56. The number of piperidine rings is 1. The fourth-order valence-electron chi connectivity index (χ4n) is 2.59. The molecule has 3 heterocycles. The molecule has 0 spiro atoms. The van der Waals surface area contributed by atoms with Crippen LogP contribution in [0.2, 0.25) is 5.75 Å². The summed E-state index contributed by atoms with van der Waals surface area (Å²) in [4.78, 5) is 9.54. The van der Waals surface area contributed by atoms with Gasteiger partial charge in [-0.3, -0.25) is 4.90 Å². The topological polar surface area (TPSA) is 64.8 Å². The van der Waals surface area contributed by atoms with Gasteiger partial charge in [0.25, 0.3) is 0 Å². The summed E-state index contributed by atoms with van der Waals surface area (Å²) >= 11 is 7.03. The molecule has 4 rings (SSSR count). The second-order valence-corrected chi connectivity index (χ2v) is 7.13. The first-order valence-electron chi connectivity index (χ1n) is 12.3. The highest BCUT2D eigenvalue weighted by Gasteiger charge is 2.20. The van der Waals surface area contributed by atoms with Gasteiger partial charge in [0.15, 0.2) is 1.41 Å². The lowest BCUT2D eigenvalue weighted by atomic mass is 10.0. The molecule has 5 nitrogen and oxygen atoms in total. The van der Waals surface area contributed by atoms with Gasteiger partial charge in [-0.05, 0) is 36.5 Å². The summed E-state index contributed by atoms with van der Waals surface area (Å²) in [7, 11) is 0. The van der Waals surface area contributed by atoms with Gasteiger partial charge in [0.05, 0.1) is 28.2 Å². The van der Waals surface area contributed by atoms with Gasteiger partial charge in [0.2, 0.25) is 0 Å². The van der Waals surface area contributed by atoms with Gasteiger partial charge in [-0.2, -0.15) is 5.26 Å². The van der Waals surface area contributed by atoms with Crippen LogP contribution in [-0.2, 0) is 6.50 Å². The third-order valence-corrected chi connectivity index (χ3v) is 4.92. The first kappa shape index (κ1) is 9.65. The molecule has 132 valence electrons. The molecule has 0 bridgehead atoms. The van der Waals surface area contributed by atoms with E-state index < -0.39 is 18.6 Å². The monoisotopic (exact) mass is 392 g/mol. The summed E-state index contributed by atoms with van der Waals surface area (Å²) in [6.45, 7) is -2.36. The zero-order valence-corrected chi connectivity index (χ0v) is 15.0. The smallest absolute Gasteiger partial charge is 0.162 e. The van der Waals surface area contributed by atoms with E-state index in [1.807, 2.05) is 0 Å². The average molecular weight is 393 g/mol. The number of hydrogen-bond donors (Lipinski definition) is 1. The minimum Gasteiger partial charge on any atom is -0.367 e. The highest BCUT2D eigenvalue weighted by Crippen LogP contribution is 2.32. The minimum atomic E-state index is -2.33. The van der Waals surface area contributed by atoms with Gasteiger partial charge < -0.3 is 5.31 Å². The maximum absolute atomic E-state index is 9.26. The largest absolute Gasteiger partial charge is 0.367 e. The van der Waals surface area contributed by atoms with Crippen LogP contribution < -0.4 is 5.31 Å². The zero-order chi connectivity index (χ0) is 25.9. The van der Waals surface area contributed by atoms with Crippen molar-refractivity contribution in [3.05, 3.63) is 52.0 Å². The molecule has 0 aliphatic carbocycles. The van der Waals surface area contributed by atoms with E-state index in [-0.39, 0.29) is 81.9 Å². The number of nitrogens with zero attached hydrogens (tertiary/aromatic N) is 4. The second kappa shape index (κ2) is 7.58. The van der Waals surface area contributed by atoms with Crippen LogP contribution in [0.4, 0.5) is 5.82 Å². The number of thiophene rings is 1. The van der Waals surface area contributed by atoms with Crippen molar-refractivity contribution >= 4 is 39.0 Å². The Morgan fingerprint density at radius 2 is 2.31 bits per heavy atom. The predicted octanol–water partition coefficient (Wildman–Crippen LogP) is 4.29. The summed E-state index contributed by atoms with van der Waals surface area (Å²) < 4.78 is 75.1. The van der Waals surface area contributed by atoms with E-state index >= 15 is 0 Å². The number of nitrogens with one attached hydrogen (secondary N) is 1. The van der Waals surface area contributed by atoms with E-state index in [9.17, 15) is 5.26 Å². The predicted molar refractivity (Wildman–Crippen MR) is 106 cm³/mol. The molecule has 1 aliphatic rings. The Balaban J connectivity index is 1.64. The number of fused-ring (bicyclic) bond motifs is 1. The fraction of sp³-hybridized carbons (Fsp3) is 0.316. The highest BCUT2D eigenvalue weighted by molar-refractivity contribution is 7.22. The molecule has 2 aromatic heterocycles. The maximum atomic E-state index is 9.26. The first-order chi connectivity index (χ1) is 16.3. The third-order valence-electron chi connectivity index (χ3n) is 3.82. The third kappa shape index (κ3) is 3.80. The van der Waals surface area contributed by atoms with E-state index in [4.69, 9.17) is 24.0 Å². The molecule has 0 radical (unpaired) electrons. The van der Waals surface area contributed by atoms with E-state index in [2.05, 4.69) is 9.97 Å². The Labute approximate surface area is 174 Å². The molecule has 7 heteroatoms. The number of halogens is 1. The molecular weight excluding hydrogens is 366 g/mol. The molecule has 3 aromatic rings. The Bertz CT molecular complexity index is 1370. The Hall–Kier alpha value is -2.20. The van der Waals surface area contributed by atoms with Gasteiger partial charge in [0, 0.05) is 28.3 Å². The van der Waals surface area contributed by atoms with Gasteiger partial charge in [-0.25, -0.2) is 9.97 Å². The van der Waals surface area contributed by atoms with Crippen LogP contribution in [0.15, 0.2) is 36.5 Å². The van der Waals surface area contributed by atoms with Gasteiger partial charge >= 0.3 is 0 Å². The minimum absolute atomic E-state index is 0.0185. The normalized spacial score (nSPS) is 22.5. The molecule has 0 unspecified atom stereocenters. The summed E-state index contributed by atoms with van der Waals surface area (Å²) in [6, 6.07) is -0.0917. The van der Waals surface area contributed by atoms with Crippen molar-refractivity contribution in [3.8, 4) is 6.07 Å². The SMILES string of the molecule is [2H]c1nc(N([2H])C2([2H])CCN(C([2H])([2H])c3c([2H])cc([2H])c(C#N)c3[2H])CC2)c2c([2H])c(Cl)sc2n1. The number of nitriles is 1. The van der Waals surface area contributed by atoms with Crippen molar-refractivity contribution in [1.82, 2.24) is 14.9 Å². The molecule has 0 saturated carbocycles. The molecule has 1 aromatic carbocycles.